The Hall–Kier alpha value is -1.62. The van der Waals surface area contributed by atoms with Crippen molar-refractivity contribution >= 4 is 11.8 Å². The van der Waals surface area contributed by atoms with Crippen LogP contribution in [-0.2, 0) is 19.1 Å². The topological polar surface area (TPSA) is 65.7 Å². The van der Waals surface area contributed by atoms with Gasteiger partial charge in [-0.3, -0.25) is 9.59 Å². The maximum Gasteiger partial charge on any atom is 0.310 e. The van der Waals surface area contributed by atoms with Crippen LogP contribution in [0.2, 0.25) is 0 Å². The minimum Gasteiger partial charge on any atom is -0.472 e. The molecule has 1 aromatic rings. The quantitative estimate of drug-likeness (QED) is 0.741. The highest BCUT2D eigenvalue weighted by molar-refractivity contribution is 5.88. The Morgan fingerprint density at radius 3 is 2.92 bits per heavy atom. The van der Waals surface area contributed by atoms with Crippen molar-refractivity contribution in [3.63, 3.8) is 0 Å². The van der Waals surface area contributed by atoms with E-state index in [9.17, 15) is 9.59 Å². The van der Waals surface area contributed by atoms with Crippen LogP contribution >= 0.6 is 0 Å². The van der Waals surface area contributed by atoms with Crippen LogP contribution in [0.25, 0.3) is 0 Å². The number of furan rings is 1. The average molecular weight is 330 g/mol. The first-order valence-corrected chi connectivity index (χ1v) is 8.90. The fraction of sp³-hybridized carbons (Fsp3) is 0.684. The molecular formula is C19H22O5. The zero-order valence-electron chi connectivity index (χ0n) is 13.8. The van der Waals surface area contributed by atoms with Crippen molar-refractivity contribution in [2.24, 2.45) is 22.7 Å². The van der Waals surface area contributed by atoms with Gasteiger partial charge in [-0.25, -0.2) is 0 Å². The van der Waals surface area contributed by atoms with E-state index in [1.165, 1.54) is 0 Å². The van der Waals surface area contributed by atoms with E-state index in [0.717, 1.165) is 31.2 Å². The Balaban J connectivity index is 1.56. The first kappa shape index (κ1) is 14.7. The number of rotatable bonds is 1. The van der Waals surface area contributed by atoms with E-state index in [1.807, 2.05) is 6.07 Å². The molecule has 4 heterocycles. The lowest BCUT2D eigenvalue weighted by molar-refractivity contribution is -0.230. The summed E-state index contributed by atoms with van der Waals surface area (Å²) in [7, 11) is 0. The molecule has 2 aliphatic carbocycles. The number of ether oxygens (including phenoxy) is 2. The number of cyclic esters (lactones) is 1. The maximum atomic E-state index is 12.8. The van der Waals surface area contributed by atoms with Crippen LogP contribution in [0.4, 0.5) is 0 Å². The van der Waals surface area contributed by atoms with Gasteiger partial charge >= 0.3 is 5.97 Å². The molecule has 24 heavy (non-hydrogen) atoms. The largest absolute Gasteiger partial charge is 0.472 e. The lowest BCUT2D eigenvalue weighted by Crippen LogP contribution is -2.65. The summed E-state index contributed by atoms with van der Waals surface area (Å²) >= 11 is 0. The Morgan fingerprint density at radius 1 is 1.29 bits per heavy atom. The van der Waals surface area contributed by atoms with Gasteiger partial charge in [0.2, 0.25) is 0 Å². The molecule has 3 saturated heterocycles. The van der Waals surface area contributed by atoms with Gasteiger partial charge in [0.1, 0.15) is 11.9 Å². The normalized spacial score (nSPS) is 47.0. The molecule has 128 valence electrons. The van der Waals surface area contributed by atoms with Gasteiger partial charge in [0.15, 0.2) is 0 Å². The second kappa shape index (κ2) is 4.72. The number of Topliss-reactive ketones (excluding diaryl/α,β-unsaturated/α-hetero) is 1. The van der Waals surface area contributed by atoms with Crippen LogP contribution in [-0.4, -0.2) is 24.5 Å². The predicted molar refractivity (Wildman–Crippen MR) is 82.9 cm³/mol. The summed E-state index contributed by atoms with van der Waals surface area (Å²) in [5.41, 5.74) is 0.317. The second-order valence-electron chi connectivity index (χ2n) is 8.29. The van der Waals surface area contributed by atoms with Gasteiger partial charge in [-0.2, -0.15) is 0 Å². The fourth-order valence-electron chi connectivity index (χ4n) is 5.99. The van der Waals surface area contributed by atoms with Gasteiger partial charge in [-0.05, 0) is 43.1 Å². The molecule has 5 fully saturated rings. The molecule has 0 radical (unpaired) electrons. The van der Waals surface area contributed by atoms with Gasteiger partial charge in [0.25, 0.3) is 0 Å². The van der Waals surface area contributed by atoms with E-state index in [0.29, 0.717) is 18.8 Å². The molecule has 1 aromatic heterocycles. The lowest BCUT2D eigenvalue weighted by Gasteiger charge is -2.63. The molecular weight excluding hydrogens is 308 g/mol. The summed E-state index contributed by atoms with van der Waals surface area (Å²) in [5.74, 6) is 0.350. The molecule has 2 bridgehead atoms. The van der Waals surface area contributed by atoms with E-state index >= 15 is 0 Å². The highest BCUT2D eigenvalue weighted by Gasteiger charge is 2.66. The van der Waals surface area contributed by atoms with E-state index in [2.05, 4.69) is 6.92 Å². The zero-order valence-corrected chi connectivity index (χ0v) is 13.8. The van der Waals surface area contributed by atoms with E-state index in [-0.39, 0.29) is 40.8 Å². The minimum atomic E-state index is -0.376. The summed E-state index contributed by atoms with van der Waals surface area (Å²) in [4.78, 5) is 25.5. The van der Waals surface area contributed by atoms with Gasteiger partial charge in [-0.1, -0.05) is 6.92 Å². The molecule has 5 aliphatic rings. The van der Waals surface area contributed by atoms with Crippen LogP contribution in [0.1, 0.15) is 50.7 Å². The van der Waals surface area contributed by atoms with Crippen LogP contribution < -0.4 is 0 Å². The van der Waals surface area contributed by atoms with Gasteiger partial charge < -0.3 is 13.9 Å². The van der Waals surface area contributed by atoms with Crippen molar-refractivity contribution < 1.29 is 23.5 Å². The van der Waals surface area contributed by atoms with Gasteiger partial charge in [0.05, 0.1) is 36.6 Å². The number of hydrogen-bond acceptors (Lipinski definition) is 5. The number of carbonyl (C=O) groups is 2. The molecule has 0 N–H and O–H groups in total. The number of ketones is 1. The average Bonchev–Trinajstić information content (AvgIpc) is 3.09. The van der Waals surface area contributed by atoms with Crippen LogP contribution in [0.3, 0.4) is 0 Å². The first-order chi connectivity index (χ1) is 11.5. The minimum absolute atomic E-state index is 0.0327. The zero-order chi connectivity index (χ0) is 16.5. The number of hydrogen-bond donors (Lipinski definition) is 0. The summed E-state index contributed by atoms with van der Waals surface area (Å²) in [6, 6.07) is 1.86. The lowest BCUT2D eigenvalue weighted by atomic mass is 9.44. The van der Waals surface area contributed by atoms with Crippen molar-refractivity contribution in [2.45, 2.75) is 51.2 Å². The van der Waals surface area contributed by atoms with Crippen molar-refractivity contribution in [3.05, 3.63) is 24.2 Å². The molecule has 5 nitrogen and oxygen atoms in total. The molecule has 6 rings (SSSR count). The Labute approximate surface area is 140 Å². The number of carbonyl (C=O) groups excluding carboxylic acids is 2. The summed E-state index contributed by atoms with van der Waals surface area (Å²) in [6.07, 6.45) is 6.71. The van der Waals surface area contributed by atoms with Gasteiger partial charge in [0, 0.05) is 12.0 Å². The van der Waals surface area contributed by atoms with Crippen molar-refractivity contribution in [2.75, 3.05) is 6.61 Å². The van der Waals surface area contributed by atoms with E-state index in [1.54, 1.807) is 12.5 Å². The molecule has 3 aliphatic heterocycles. The Bertz CT molecular complexity index is 695. The van der Waals surface area contributed by atoms with Crippen LogP contribution in [0, 0.1) is 22.7 Å². The smallest absolute Gasteiger partial charge is 0.310 e. The highest BCUT2D eigenvalue weighted by atomic mass is 16.5. The first-order valence-electron chi connectivity index (χ1n) is 8.90. The van der Waals surface area contributed by atoms with Crippen LogP contribution in [0.5, 0.6) is 0 Å². The van der Waals surface area contributed by atoms with Crippen LogP contribution in [0.15, 0.2) is 23.0 Å². The summed E-state index contributed by atoms with van der Waals surface area (Å²) < 4.78 is 16.8. The third-order valence-electron chi connectivity index (χ3n) is 7.26. The number of esters is 1. The predicted octanol–water partition coefficient (Wildman–Crippen LogP) is 3.05. The second-order valence-corrected chi connectivity index (χ2v) is 8.29. The Morgan fingerprint density at radius 2 is 2.17 bits per heavy atom. The third-order valence-corrected chi connectivity index (χ3v) is 7.26. The molecule has 1 spiro atoms. The molecule has 0 unspecified atom stereocenters. The van der Waals surface area contributed by atoms with E-state index < -0.39 is 0 Å². The molecule has 0 aromatic carbocycles. The monoisotopic (exact) mass is 330 g/mol. The molecule has 5 heteroatoms. The van der Waals surface area contributed by atoms with Crippen molar-refractivity contribution in [1.82, 2.24) is 0 Å². The van der Waals surface area contributed by atoms with E-state index in [4.69, 9.17) is 13.9 Å². The standard InChI is InChI=1S/C19H22O5/c1-18-8-14(11-3-5-22-9-11)24-17(21)13(18)2-4-19-10-23-12(6-15(18)19)7-16(19)20/h3,5,9,12-15H,2,4,6-8,10H2,1H3/t12-,13+,14+,15+,18-,19+/m0/s1. The fourth-order valence-corrected chi connectivity index (χ4v) is 5.99. The summed E-state index contributed by atoms with van der Waals surface area (Å²) in [6.45, 7) is 2.74. The Kier molecular flexibility index (Phi) is 2.89. The molecule has 0 amide bonds. The van der Waals surface area contributed by atoms with Crippen molar-refractivity contribution in [3.8, 4) is 0 Å². The molecule has 6 atom stereocenters. The maximum absolute atomic E-state index is 12.8. The van der Waals surface area contributed by atoms with Gasteiger partial charge in [-0.15, -0.1) is 0 Å². The highest BCUT2D eigenvalue weighted by Crippen LogP contribution is 2.65. The number of fused-ring (bicyclic) bond motifs is 3. The van der Waals surface area contributed by atoms with Crippen molar-refractivity contribution in [1.29, 1.82) is 0 Å². The summed E-state index contributed by atoms with van der Waals surface area (Å²) in [5, 5.41) is 0. The molecule has 2 saturated carbocycles. The SMILES string of the molecule is C[C@]12C[C@H](c3ccoc3)OC(=O)[C@H]1CC[C@]13CO[C@H](CC1=O)C[C@@H]32. The third kappa shape index (κ3) is 1.74.